The van der Waals surface area contributed by atoms with Gasteiger partial charge < -0.3 is 15.9 Å². The molecule has 3 atom stereocenters. The van der Waals surface area contributed by atoms with Crippen LogP contribution in [-0.2, 0) is 19.8 Å². The number of aliphatic hydroxyl groups is 1. The van der Waals surface area contributed by atoms with Gasteiger partial charge in [0.2, 0.25) is 5.91 Å². The zero-order valence-electron chi connectivity index (χ0n) is 11.4. The molecule has 0 aromatic heterocycles. The van der Waals surface area contributed by atoms with Gasteiger partial charge in [0.05, 0.1) is 12.0 Å². The van der Waals surface area contributed by atoms with Gasteiger partial charge in [-0.3, -0.25) is 9.59 Å². The molecule has 0 saturated carbocycles. The van der Waals surface area contributed by atoms with E-state index >= 15 is 0 Å². The first-order valence-corrected chi connectivity index (χ1v) is 8.10. The van der Waals surface area contributed by atoms with Crippen molar-refractivity contribution < 1.29 is 28.2 Å². The molecule has 0 aromatic rings. The van der Waals surface area contributed by atoms with Crippen molar-refractivity contribution >= 4 is 22.1 Å². The number of hydrogen-bond acceptors (Lipinski definition) is 5. The van der Waals surface area contributed by atoms with E-state index < -0.39 is 40.1 Å². The summed E-state index contributed by atoms with van der Waals surface area (Å²) in [6.45, 7) is -0.135. The average molecular weight is 321 g/mol. The Labute approximate surface area is 122 Å². The number of carbonyl (C=O) groups is 2. The largest absolute Gasteiger partial charge is 0.481 e. The topological polar surface area (TPSA) is 141 Å². The van der Waals surface area contributed by atoms with E-state index in [1.54, 1.807) is 0 Å². The minimum absolute atomic E-state index is 0.0369. The SMILES string of the molecule is NC(=O)C1CC(O)CN1S(=O)(=O)N1CCCC(C(=O)O)C1. The maximum absolute atomic E-state index is 12.6. The second-order valence-electron chi connectivity index (χ2n) is 5.42. The van der Waals surface area contributed by atoms with Gasteiger partial charge in [0.1, 0.15) is 6.04 Å². The Bertz CT molecular complexity index is 536. The van der Waals surface area contributed by atoms with Crippen LogP contribution < -0.4 is 5.73 Å². The van der Waals surface area contributed by atoms with Gasteiger partial charge in [-0.15, -0.1) is 0 Å². The zero-order chi connectivity index (χ0) is 15.8. The maximum atomic E-state index is 12.6. The number of rotatable bonds is 4. The van der Waals surface area contributed by atoms with Gasteiger partial charge in [-0.2, -0.15) is 17.0 Å². The summed E-state index contributed by atoms with van der Waals surface area (Å²) in [7, 11) is -4.01. The number of aliphatic hydroxyl groups excluding tert-OH is 1. The van der Waals surface area contributed by atoms with E-state index in [1.165, 1.54) is 0 Å². The molecule has 2 saturated heterocycles. The van der Waals surface area contributed by atoms with Crippen LogP contribution in [0.4, 0.5) is 0 Å². The molecule has 21 heavy (non-hydrogen) atoms. The Balaban J connectivity index is 2.20. The lowest BCUT2D eigenvalue weighted by Crippen LogP contribution is -2.53. The van der Waals surface area contributed by atoms with E-state index in [-0.39, 0.29) is 26.1 Å². The fourth-order valence-corrected chi connectivity index (χ4v) is 4.70. The molecule has 1 amide bonds. The highest BCUT2D eigenvalue weighted by Crippen LogP contribution is 2.27. The zero-order valence-corrected chi connectivity index (χ0v) is 12.2. The molecule has 2 fully saturated rings. The van der Waals surface area contributed by atoms with Crippen molar-refractivity contribution in [3.8, 4) is 0 Å². The highest BCUT2D eigenvalue weighted by molar-refractivity contribution is 7.86. The van der Waals surface area contributed by atoms with Crippen LogP contribution in [0.1, 0.15) is 19.3 Å². The summed E-state index contributed by atoms with van der Waals surface area (Å²) >= 11 is 0. The van der Waals surface area contributed by atoms with Crippen molar-refractivity contribution in [2.45, 2.75) is 31.4 Å². The van der Waals surface area contributed by atoms with E-state index in [0.717, 1.165) is 8.61 Å². The van der Waals surface area contributed by atoms with Gasteiger partial charge in [-0.25, -0.2) is 0 Å². The molecule has 0 spiro atoms. The molecule has 9 nitrogen and oxygen atoms in total. The number of aliphatic carboxylic acids is 1. The van der Waals surface area contributed by atoms with E-state index in [4.69, 9.17) is 10.8 Å². The Morgan fingerprint density at radius 1 is 1.24 bits per heavy atom. The van der Waals surface area contributed by atoms with Crippen molar-refractivity contribution in [3.05, 3.63) is 0 Å². The average Bonchev–Trinajstić information content (AvgIpc) is 2.82. The van der Waals surface area contributed by atoms with Crippen LogP contribution in [-0.4, -0.2) is 70.9 Å². The summed E-state index contributed by atoms with van der Waals surface area (Å²) in [5.41, 5.74) is 5.18. The Kier molecular flexibility index (Phi) is 4.51. The number of amides is 1. The third kappa shape index (κ3) is 3.18. The van der Waals surface area contributed by atoms with Crippen molar-refractivity contribution in [2.24, 2.45) is 11.7 Å². The molecule has 2 rings (SSSR count). The van der Waals surface area contributed by atoms with Gasteiger partial charge in [0.25, 0.3) is 10.2 Å². The van der Waals surface area contributed by atoms with Crippen LogP contribution in [0, 0.1) is 5.92 Å². The van der Waals surface area contributed by atoms with Crippen LogP contribution in [0.15, 0.2) is 0 Å². The first-order chi connectivity index (χ1) is 9.73. The second kappa shape index (κ2) is 5.87. The fourth-order valence-electron chi connectivity index (χ4n) is 2.80. The Morgan fingerprint density at radius 3 is 2.48 bits per heavy atom. The van der Waals surface area contributed by atoms with Gasteiger partial charge >= 0.3 is 5.97 Å². The molecule has 2 aliphatic rings. The number of nitrogens with two attached hydrogens (primary N) is 1. The molecular weight excluding hydrogens is 302 g/mol. The molecule has 4 N–H and O–H groups in total. The number of β-amino-alcohol motifs (C(OH)–C–C–N with tert-alkyl or cyclic N) is 1. The molecule has 10 heteroatoms. The van der Waals surface area contributed by atoms with Crippen LogP contribution in [0.5, 0.6) is 0 Å². The quantitative estimate of drug-likeness (QED) is 0.544. The van der Waals surface area contributed by atoms with Crippen molar-refractivity contribution in [1.82, 2.24) is 8.61 Å². The lowest BCUT2D eigenvalue weighted by Gasteiger charge is -2.34. The molecular formula is C11H19N3O6S. The van der Waals surface area contributed by atoms with Crippen LogP contribution in [0.3, 0.4) is 0 Å². The standard InChI is InChI=1S/C11H19N3O6S/c12-10(16)9-4-8(15)6-14(9)21(19,20)13-3-1-2-7(5-13)11(17)18/h7-9,15H,1-6H2,(H2,12,16)(H,17,18). The lowest BCUT2D eigenvalue weighted by atomic mass is 10.0. The van der Waals surface area contributed by atoms with E-state index in [2.05, 4.69) is 0 Å². The molecule has 2 aliphatic heterocycles. The minimum atomic E-state index is -4.01. The molecule has 120 valence electrons. The number of carboxylic acid groups (broad SMARTS) is 1. The molecule has 3 unspecified atom stereocenters. The number of hydrogen-bond donors (Lipinski definition) is 3. The summed E-state index contributed by atoms with van der Waals surface area (Å²) in [6.07, 6.45) is -0.126. The van der Waals surface area contributed by atoms with E-state index in [0.29, 0.717) is 12.8 Å². The van der Waals surface area contributed by atoms with Gasteiger partial charge in [-0.05, 0) is 12.8 Å². The van der Waals surface area contributed by atoms with Crippen LogP contribution in [0.2, 0.25) is 0 Å². The number of piperidine rings is 1. The van der Waals surface area contributed by atoms with Crippen molar-refractivity contribution in [2.75, 3.05) is 19.6 Å². The number of nitrogens with zero attached hydrogens (tertiary/aromatic N) is 2. The van der Waals surface area contributed by atoms with Gasteiger partial charge in [0, 0.05) is 26.1 Å². The summed E-state index contributed by atoms with van der Waals surface area (Å²) in [5, 5.41) is 18.6. The van der Waals surface area contributed by atoms with Crippen molar-refractivity contribution in [1.29, 1.82) is 0 Å². The first-order valence-electron chi connectivity index (χ1n) is 6.70. The molecule has 0 aromatic carbocycles. The Hall–Kier alpha value is -1.23. The number of carbonyl (C=O) groups excluding carboxylic acids is 1. The smallest absolute Gasteiger partial charge is 0.307 e. The highest BCUT2D eigenvalue weighted by Gasteiger charge is 2.45. The predicted molar refractivity (Wildman–Crippen MR) is 71.2 cm³/mol. The normalized spacial score (nSPS) is 32.1. The highest BCUT2D eigenvalue weighted by atomic mass is 32.2. The molecule has 0 aliphatic carbocycles. The van der Waals surface area contributed by atoms with Gasteiger partial charge in [-0.1, -0.05) is 0 Å². The van der Waals surface area contributed by atoms with Crippen LogP contribution in [0.25, 0.3) is 0 Å². The monoisotopic (exact) mass is 321 g/mol. The second-order valence-corrected chi connectivity index (χ2v) is 7.30. The fraction of sp³-hybridized carbons (Fsp3) is 0.818. The number of carboxylic acids is 1. The van der Waals surface area contributed by atoms with E-state index in [1.807, 2.05) is 0 Å². The van der Waals surface area contributed by atoms with Crippen molar-refractivity contribution in [3.63, 3.8) is 0 Å². The molecule has 2 heterocycles. The first kappa shape index (κ1) is 16.1. The molecule has 0 radical (unpaired) electrons. The van der Waals surface area contributed by atoms with E-state index in [9.17, 15) is 23.1 Å². The van der Waals surface area contributed by atoms with Crippen LogP contribution >= 0.6 is 0 Å². The third-order valence-corrected chi connectivity index (χ3v) is 5.90. The maximum Gasteiger partial charge on any atom is 0.307 e. The summed E-state index contributed by atoms with van der Waals surface area (Å²) in [4.78, 5) is 22.4. The Morgan fingerprint density at radius 2 is 1.90 bits per heavy atom. The van der Waals surface area contributed by atoms with Gasteiger partial charge in [0.15, 0.2) is 0 Å². The predicted octanol–water partition coefficient (Wildman–Crippen LogP) is -2.05. The summed E-state index contributed by atoms with van der Waals surface area (Å²) < 4.78 is 27.1. The lowest BCUT2D eigenvalue weighted by molar-refractivity contribution is -0.143. The summed E-state index contributed by atoms with van der Waals surface area (Å²) in [6, 6.07) is -1.09. The third-order valence-electron chi connectivity index (χ3n) is 3.92. The summed E-state index contributed by atoms with van der Waals surface area (Å²) in [5.74, 6) is -2.61. The molecule has 0 bridgehead atoms. The minimum Gasteiger partial charge on any atom is -0.481 e. The number of primary amides is 1.